The number of nitrogens with zero attached hydrogens (tertiary/aromatic N) is 6. The molecule has 0 amide bonds. The highest BCUT2D eigenvalue weighted by Crippen LogP contribution is 2.39. The number of nitrogens with one attached hydrogen (secondary N) is 1. The van der Waals surface area contributed by atoms with Crippen molar-refractivity contribution >= 4 is 34.2 Å². The van der Waals surface area contributed by atoms with Crippen molar-refractivity contribution in [3.8, 4) is 22.9 Å². The molecule has 0 spiro atoms. The maximum Gasteiger partial charge on any atom is 0.331 e. The summed E-state index contributed by atoms with van der Waals surface area (Å²) < 4.78 is 25.0. The average molecular weight is 522 g/mol. The Labute approximate surface area is 220 Å². The van der Waals surface area contributed by atoms with Crippen LogP contribution >= 0.6 is 0 Å². The van der Waals surface area contributed by atoms with Crippen molar-refractivity contribution in [3.05, 3.63) is 42.8 Å². The van der Waals surface area contributed by atoms with Crippen LogP contribution in [-0.4, -0.2) is 63.2 Å². The molecule has 200 valence electrons. The summed E-state index contributed by atoms with van der Waals surface area (Å²) in [5, 5.41) is 8.49. The fourth-order valence-electron chi connectivity index (χ4n) is 3.87. The minimum atomic E-state index is -0.454. The molecule has 0 aliphatic carbocycles. The normalized spacial score (nSPS) is 11.6. The van der Waals surface area contributed by atoms with Crippen molar-refractivity contribution < 1.29 is 23.7 Å². The second kappa shape index (κ2) is 11.2. The lowest BCUT2D eigenvalue weighted by atomic mass is 10.2. The summed E-state index contributed by atoms with van der Waals surface area (Å²) in [5.74, 6) is 2.51. The van der Waals surface area contributed by atoms with Gasteiger partial charge in [-0.15, -0.1) is 0 Å². The number of anilines is 2. The van der Waals surface area contributed by atoms with Gasteiger partial charge in [0.25, 0.3) is 0 Å². The molecule has 12 nitrogen and oxygen atoms in total. The van der Waals surface area contributed by atoms with E-state index in [-0.39, 0.29) is 12.6 Å². The molecular formula is C26H31N7O5. The first-order valence-corrected chi connectivity index (χ1v) is 12.0. The van der Waals surface area contributed by atoms with Gasteiger partial charge in [-0.05, 0) is 27.7 Å². The molecule has 1 aromatic carbocycles. The van der Waals surface area contributed by atoms with Gasteiger partial charge in [0.15, 0.2) is 23.0 Å². The predicted molar refractivity (Wildman–Crippen MR) is 142 cm³/mol. The Morgan fingerprint density at radius 1 is 1.11 bits per heavy atom. The SMILES string of the molecule is CCOC(=O)/C=C(/C)c1nc(Nc2cn(-c3cc(OC)c(OC)c(OC)c3)cn2)c2cnn(C(C)C)c2n1. The number of ether oxygens (including phenoxy) is 4. The zero-order valence-corrected chi connectivity index (χ0v) is 22.5. The average Bonchev–Trinajstić information content (AvgIpc) is 3.55. The quantitative estimate of drug-likeness (QED) is 0.238. The lowest BCUT2D eigenvalue weighted by Crippen LogP contribution is -2.07. The minimum absolute atomic E-state index is 0.0664. The van der Waals surface area contributed by atoms with Crippen molar-refractivity contribution in [2.45, 2.75) is 33.7 Å². The van der Waals surface area contributed by atoms with E-state index in [1.807, 2.05) is 36.7 Å². The number of carbonyl (C=O) groups excluding carboxylic acids is 1. The Bertz CT molecular complexity index is 1460. The Morgan fingerprint density at radius 2 is 1.82 bits per heavy atom. The van der Waals surface area contributed by atoms with Gasteiger partial charge in [0.2, 0.25) is 5.75 Å². The lowest BCUT2D eigenvalue weighted by molar-refractivity contribution is -0.137. The van der Waals surface area contributed by atoms with Crippen molar-refractivity contribution in [2.24, 2.45) is 0 Å². The molecular weight excluding hydrogens is 490 g/mol. The van der Waals surface area contributed by atoms with Gasteiger partial charge in [-0.1, -0.05) is 0 Å². The van der Waals surface area contributed by atoms with Gasteiger partial charge in [0.1, 0.15) is 18.0 Å². The first-order chi connectivity index (χ1) is 18.3. The monoisotopic (exact) mass is 521 g/mol. The molecule has 0 aliphatic rings. The third-order valence-electron chi connectivity index (χ3n) is 5.69. The van der Waals surface area contributed by atoms with Crippen LogP contribution in [0.25, 0.3) is 22.3 Å². The molecule has 4 aromatic rings. The van der Waals surface area contributed by atoms with Gasteiger partial charge < -0.3 is 28.8 Å². The van der Waals surface area contributed by atoms with Crippen molar-refractivity contribution in [1.82, 2.24) is 29.3 Å². The summed E-state index contributed by atoms with van der Waals surface area (Å²) in [6.45, 7) is 7.83. The van der Waals surface area contributed by atoms with Crippen LogP contribution in [0.2, 0.25) is 0 Å². The van der Waals surface area contributed by atoms with E-state index < -0.39 is 5.97 Å². The summed E-state index contributed by atoms with van der Waals surface area (Å²) >= 11 is 0. The molecule has 0 atom stereocenters. The van der Waals surface area contributed by atoms with Gasteiger partial charge in [-0.3, -0.25) is 0 Å². The van der Waals surface area contributed by atoms with Crippen molar-refractivity contribution in [2.75, 3.05) is 33.3 Å². The van der Waals surface area contributed by atoms with Crippen LogP contribution in [0, 0.1) is 0 Å². The molecule has 1 N–H and O–H groups in total. The fourth-order valence-corrected chi connectivity index (χ4v) is 3.87. The Balaban J connectivity index is 1.74. The number of aromatic nitrogens is 6. The molecule has 0 unspecified atom stereocenters. The number of rotatable bonds is 10. The number of imidazole rings is 1. The number of esters is 1. The molecule has 0 bridgehead atoms. The highest BCUT2D eigenvalue weighted by atomic mass is 16.5. The van der Waals surface area contributed by atoms with Crippen LogP contribution in [-0.2, 0) is 9.53 Å². The summed E-state index contributed by atoms with van der Waals surface area (Å²) in [6.07, 6.45) is 6.56. The van der Waals surface area contributed by atoms with E-state index in [4.69, 9.17) is 18.9 Å². The molecule has 0 fully saturated rings. The van der Waals surface area contributed by atoms with Gasteiger partial charge >= 0.3 is 5.97 Å². The molecule has 0 radical (unpaired) electrons. The minimum Gasteiger partial charge on any atom is -0.493 e. The van der Waals surface area contributed by atoms with Crippen LogP contribution in [0.4, 0.5) is 11.6 Å². The zero-order valence-electron chi connectivity index (χ0n) is 22.5. The first-order valence-electron chi connectivity index (χ1n) is 12.0. The van der Waals surface area contributed by atoms with Crippen molar-refractivity contribution in [3.63, 3.8) is 0 Å². The van der Waals surface area contributed by atoms with Crippen LogP contribution < -0.4 is 19.5 Å². The second-order valence-electron chi connectivity index (χ2n) is 8.57. The van der Waals surface area contributed by atoms with Gasteiger partial charge in [0, 0.05) is 29.8 Å². The van der Waals surface area contributed by atoms with Gasteiger partial charge in [0.05, 0.1) is 51.4 Å². The van der Waals surface area contributed by atoms with Crippen LogP contribution in [0.5, 0.6) is 17.2 Å². The maximum absolute atomic E-state index is 12.0. The van der Waals surface area contributed by atoms with E-state index in [1.54, 1.807) is 52.4 Å². The third kappa shape index (κ3) is 5.24. The van der Waals surface area contributed by atoms with E-state index in [1.165, 1.54) is 6.08 Å². The molecule has 38 heavy (non-hydrogen) atoms. The first kappa shape index (κ1) is 26.5. The summed E-state index contributed by atoms with van der Waals surface area (Å²) in [5.41, 5.74) is 1.95. The van der Waals surface area contributed by atoms with Crippen LogP contribution in [0.15, 0.2) is 36.9 Å². The van der Waals surface area contributed by atoms with Gasteiger partial charge in [-0.25, -0.2) is 24.4 Å². The smallest absolute Gasteiger partial charge is 0.331 e. The van der Waals surface area contributed by atoms with E-state index >= 15 is 0 Å². The zero-order chi connectivity index (χ0) is 27.4. The Kier molecular flexibility index (Phi) is 7.79. The predicted octanol–water partition coefficient (Wildman–Crippen LogP) is 4.33. The number of hydrogen-bond donors (Lipinski definition) is 1. The standard InChI is InChI=1S/C26H31N7O5/c1-8-38-22(34)9-16(4)24-30-25(18-12-28-33(15(2)3)26(18)31-24)29-21-13-32(14-27-21)17-10-19(35-5)23(37-7)20(11-17)36-6/h9-15H,8H2,1-7H3,(H,29,30,31)/b16-9-. The lowest BCUT2D eigenvalue weighted by Gasteiger charge is -2.14. The summed E-state index contributed by atoms with van der Waals surface area (Å²) in [4.78, 5) is 25.9. The number of allylic oxidation sites excluding steroid dienone is 1. The molecule has 12 heteroatoms. The highest BCUT2D eigenvalue weighted by Gasteiger charge is 2.18. The molecule has 3 aromatic heterocycles. The largest absolute Gasteiger partial charge is 0.493 e. The molecule has 0 aliphatic heterocycles. The number of benzene rings is 1. The Hall–Kier alpha value is -4.61. The number of fused-ring (bicyclic) bond motifs is 1. The molecule has 4 rings (SSSR count). The van der Waals surface area contributed by atoms with Gasteiger partial charge in [-0.2, -0.15) is 5.10 Å². The van der Waals surface area contributed by atoms with Crippen LogP contribution in [0.1, 0.15) is 39.6 Å². The topological polar surface area (TPSA) is 127 Å². The molecule has 0 saturated carbocycles. The van der Waals surface area contributed by atoms with Crippen LogP contribution in [0.3, 0.4) is 0 Å². The van der Waals surface area contributed by atoms with E-state index in [2.05, 4.69) is 25.4 Å². The number of carbonyl (C=O) groups is 1. The Morgan fingerprint density at radius 3 is 2.42 bits per heavy atom. The van der Waals surface area contributed by atoms with E-state index in [0.29, 0.717) is 51.3 Å². The highest BCUT2D eigenvalue weighted by molar-refractivity contribution is 5.93. The summed E-state index contributed by atoms with van der Waals surface area (Å²) in [7, 11) is 4.69. The summed E-state index contributed by atoms with van der Waals surface area (Å²) in [6, 6.07) is 3.71. The molecule has 3 heterocycles. The number of methoxy groups -OCH3 is 3. The second-order valence-corrected chi connectivity index (χ2v) is 8.57. The maximum atomic E-state index is 12.0. The molecule has 0 saturated heterocycles. The van der Waals surface area contributed by atoms with Crippen molar-refractivity contribution in [1.29, 1.82) is 0 Å². The fraction of sp³-hybridized carbons (Fsp3) is 0.346. The number of hydrogen-bond acceptors (Lipinski definition) is 10. The van der Waals surface area contributed by atoms with E-state index in [0.717, 1.165) is 5.69 Å². The van der Waals surface area contributed by atoms with E-state index in [9.17, 15) is 4.79 Å². The third-order valence-corrected chi connectivity index (χ3v) is 5.69.